The summed E-state index contributed by atoms with van der Waals surface area (Å²) in [5.74, 6) is -0.0892. The summed E-state index contributed by atoms with van der Waals surface area (Å²) in [6, 6.07) is 0. The van der Waals surface area contributed by atoms with E-state index in [4.69, 9.17) is 34.3 Å². The molecule has 3 saturated heterocycles. The van der Waals surface area contributed by atoms with E-state index in [0.29, 0.717) is 0 Å². The monoisotopic (exact) mass is 658 g/mol. The lowest BCUT2D eigenvalue weighted by Gasteiger charge is -2.17. The molecule has 2 bridgehead atoms. The summed E-state index contributed by atoms with van der Waals surface area (Å²) in [5, 5.41) is 9.42. The molecule has 0 aromatic carbocycles. The number of nitrogen functional groups attached to an aromatic ring is 2. The molecule has 0 saturated carbocycles. The van der Waals surface area contributed by atoms with Crippen LogP contribution in [0, 0.1) is 0 Å². The Morgan fingerprint density at radius 3 is 2.53 bits per heavy atom. The first-order valence-corrected chi connectivity index (χ1v) is 15.6. The van der Waals surface area contributed by atoms with Crippen LogP contribution in [0.3, 0.4) is 0 Å². The molecule has 0 spiro atoms. The van der Waals surface area contributed by atoms with Gasteiger partial charge in [0, 0.05) is 9.13 Å². The molecular formula is C20H21FN10O9P2S+2. The number of hydrogen-bond donors (Lipinski definition) is 4. The second kappa shape index (κ2) is 11.0. The van der Waals surface area contributed by atoms with E-state index in [1.54, 1.807) is 0 Å². The number of alkyl halides is 1. The van der Waals surface area contributed by atoms with E-state index in [2.05, 4.69) is 29.9 Å². The van der Waals surface area contributed by atoms with E-state index in [0.717, 1.165) is 11.8 Å². The second-order valence-electron chi connectivity index (χ2n) is 9.60. The minimum Gasteiger partial charge on any atom is -0.389 e. The molecule has 3 fully saturated rings. The number of aromatic nitrogens is 8. The zero-order chi connectivity index (χ0) is 30.0. The number of thioether (sulfide) groups is 1. The van der Waals surface area contributed by atoms with Crippen molar-refractivity contribution in [3.8, 4) is 0 Å². The van der Waals surface area contributed by atoms with Gasteiger partial charge < -0.3 is 21.3 Å². The van der Waals surface area contributed by atoms with E-state index in [9.17, 15) is 19.0 Å². The first kappa shape index (κ1) is 28.5. The molecule has 0 radical (unpaired) electrons. The van der Waals surface area contributed by atoms with Crippen molar-refractivity contribution in [2.75, 3.05) is 24.7 Å². The van der Waals surface area contributed by atoms with E-state index < -0.39 is 76.1 Å². The van der Waals surface area contributed by atoms with Crippen LogP contribution in [0.15, 0.2) is 23.8 Å². The molecule has 0 aliphatic carbocycles. The molecule has 7 rings (SSSR count). The number of nitrogens with two attached hydrogens (primary N) is 2. The number of nitrogens with zero attached hydrogens (tertiary/aromatic N) is 7. The van der Waals surface area contributed by atoms with Gasteiger partial charge in [0.15, 0.2) is 47.2 Å². The molecular weight excluding hydrogens is 637 g/mol. The molecule has 2 unspecified atom stereocenters. The molecule has 19 nitrogen and oxygen atoms in total. The normalized spacial score (nSPS) is 33.7. The molecule has 10 atom stereocenters. The second-order valence-corrected chi connectivity index (χ2v) is 12.8. The fraction of sp³-hybridized carbons (Fsp3) is 0.500. The number of aromatic amines is 1. The SMILES string of the molecule is Nc1nc2c(ncn2[C@@H]2S[C@@H]3CO[P+](=O)O[C@H]4[C@H](F)[C@H](n5cnc6c(N)ncnc65)O[C@@H]4CO[P+](=O)O[C@@H]2[C@@H]3O)c(=O)[nH]1. The Morgan fingerprint density at radius 1 is 1.00 bits per heavy atom. The smallest absolute Gasteiger partial charge is 0.389 e. The van der Waals surface area contributed by atoms with Crippen LogP contribution >= 0.6 is 28.3 Å². The number of anilines is 2. The molecule has 4 aromatic rings. The third-order valence-electron chi connectivity index (χ3n) is 7.07. The number of rotatable bonds is 2. The van der Waals surface area contributed by atoms with Gasteiger partial charge in [0.2, 0.25) is 5.95 Å². The highest BCUT2D eigenvalue weighted by Gasteiger charge is 2.56. The summed E-state index contributed by atoms with van der Waals surface area (Å²) in [6.07, 6.45) is -4.78. The topological polar surface area (TPSA) is 260 Å². The molecule has 4 aromatic heterocycles. The summed E-state index contributed by atoms with van der Waals surface area (Å²) < 4.78 is 72.1. The predicted octanol–water partition coefficient (Wildman–Crippen LogP) is 0.466. The zero-order valence-electron chi connectivity index (χ0n) is 21.4. The maximum atomic E-state index is 15.8. The maximum absolute atomic E-state index is 15.8. The highest BCUT2D eigenvalue weighted by Crippen LogP contribution is 2.50. The van der Waals surface area contributed by atoms with Gasteiger partial charge in [-0.05, 0) is 0 Å². The van der Waals surface area contributed by atoms with Crippen molar-refractivity contribution in [1.82, 2.24) is 39.0 Å². The summed E-state index contributed by atoms with van der Waals surface area (Å²) >= 11 is 1.09. The van der Waals surface area contributed by atoms with Gasteiger partial charge in [0.25, 0.3) is 5.56 Å². The van der Waals surface area contributed by atoms with Crippen molar-refractivity contribution >= 4 is 62.4 Å². The average Bonchev–Trinajstić information content (AvgIpc) is 3.72. The van der Waals surface area contributed by atoms with Crippen molar-refractivity contribution in [2.24, 2.45) is 0 Å². The number of ether oxygens (including phenoxy) is 1. The largest absolute Gasteiger partial charge is 0.697 e. The standard InChI is InChI=1S/C20H20FN10O9P2S/c21-8-12-6(38-18(8)30-4-26-9-14(22)24-3-25-15(9)30)1-36-41(34)40-13-11(32)7(2-37-42(35)39-12)43-19(13)31-5-27-10-16(31)28-20(23)29-17(10)33/h3-8,11-13,18-19,32H,1-2H2,(H4-,22,23,24,25,28,29,33)/q+1/p+1/t6-,7-,8+,11-,12-,13-,18-,19-/m1/s1. The number of H-pyrrole nitrogens is 1. The number of imidazole rings is 2. The number of aliphatic hydroxyl groups is 1. The van der Waals surface area contributed by atoms with Crippen LogP contribution in [0.2, 0.25) is 0 Å². The zero-order valence-corrected chi connectivity index (χ0v) is 24.0. The molecule has 3 aliphatic rings. The molecule has 226 valence electrons. The van der Waals surface area contributed by atoms with Crippen molar-refractivity contribution in [3.05, 3.63) is 29.3 Å². The third kappa shape index (κ3) is 4.95. The summed E-state index contributed by atoms with van der Waals surface area (Å²) in [5.41, 5.74) is 11.4. The summed E-state index contributed by atoms with van der Waals surface area (Å²) in [6.45, 7) is -0.853. The lowest BCUT2D eigenvalue weighted by molar-refractivity contribution is -0.0421. The Morgan fingerprint density at radius 2 is 1.72 bits per heavy atom. The van der Waals surface area contributed by atoms with Crippen LogP contribution in [0.5, 0.6) is 0 Å². The summed E-state index contributed by atoms with van der Waals surface area (Å²) in [4.78, 5) is 34.9. The van der Waals surface area contributed by atoms with E-state index >= 15 is 4.39 Å². The Hall–Kier alpha value is -3.26. The van der Waals surface area contributed by atoms with E-state index in [-0.39, 0.29) is 40.7 Å². The van der Waals surface area contributed by atoms with Gasteiger partial charge in [-0.3, -0.25) is 18.9 Å². The van der Waals surface area contributed by atoms with Gasteiger partial charge in [-0.15, -0.1) is 29.9 Å². The highest BCUT2D eigenvalue weighted by molar-refractivity contribution is 8.00. The minimum atomic E-state index is -2.94. The molecule has 0 amide bonds. The minimum absolute atomic E-state index is 0.0196. The van der Waals surface area contributed by atoms with Gasteiger partial charge in [-0.1, -0.05) is 0 Å². The van der Waals surface area contributed by atoms with Gasteiger partial charge in [-0.25, -0.2) is 24.3 Å². The van der Waals surface area contributed by atoms with Crippen LogP contribution in [0.4, 0.5) is 16.2 Å². The predicted molar refractivity (Wildman–Crippen MR) is 144 cm³/mol. The van der Waals surface area contributed by atoms with E-state index in [1.165, 1.54) is 28.1 Å². The Balaban J connectivity index is 1.16. The van der Waals surface area contributed by atoms with Crippen LogP contribution in [0.1, 0.15) is 11.6 Å². The molecule has 43 heavy (non-hydrogen) atoms. The fourth-order valence-electron chi connectivity index (χ4n) is 5.09. The fourth-order valence-corrected chi connectivity index (χ4v) is 8.31. The van der Waals surface area contributed by atoms with Crippen molar-refractivity contribution in [3.63, 3.8) is 0 Å². The van der Waals surface area contributed by atoms with Crippen LogP contribution in [0.25, 0.3) is 22.3 Å². The van der Waals surface area contributed by atoms with Crippen LogP contribution in [-0.4, -0.2) is 93.2 Å². The molecule has 7 heterocycles. The quantitative estimate of drug-likeness (QED) is 0.213. The number of aliphatic hydroxyl groups excluding tert-OH is 1. The molecule has 3 aliphatic heterocycles. The number of nitrogens with one attached hydrogen (secondary N) is 1. The lowest BCUT2D eigenvalue weighted by atomic mass is 10.1. The Kier molecular flexibility index (Phi) is 7.31. The Bertz CT molecular complexity index is 1810. The van der Waals surface area contributed by atoms with Crippen LogP contribution < -0.4 is 17.0 Å². The molecule has 23 heteroatoms. The van der Waals surface area contributed by atoms with Gasteiger partial charge >= 0.3 is 16.5 Å². The highest BCUT2D eigenvalue weighted by atomic mass is 32.2. The Labute approximate surface area is 244 Å². The first-order valence-electron chi connectivity index (χ1n) is 12.5. The average molecular weight is 658 g/mol. The number of fused-ring (bicyclic) bond motifs is 5. The summed E-state index contributed by atoms with van der Waals surface area (Å²) in [7, 11) is -5.87. The number of hydrogen-bond acceptors (Lipinski definition) is 17. The molecule has 6 N–H and O–H groups in total. The first-order chi connectivity index (χ1) is 20.7. The van der Waals surface area contributed by atoms with Crippen molar-refractivity contribution < 1.29 is 41.5 Å². The van der Waals surface area contributed by atoms with Gasteiger partial charge in [0.1, 0.15) is 42.6 Å². The lowest BCUT2D eigenvalue weighted by Crippen LogP contribution is -2.34. The van der Waals surface area contributed by atoms with Crippen LogP contribution in [-0.2, 0) is 32.0 Å². The maximum Gasteiger partial charge on any atom is 0.697 e. The third-order valence-corrected chi connectivity index (χ3v) is 10.2. The van der Waals surface area contributed by atoms with Gasteiger partial charge in [-0.2, -0.15) is 4.98 Å². The van der Waals surface area contributed by atoms with Crippen molar-refractivity contribution in [2.45, 2.75) is 47.4 Å². The van der Waals surface area contributed by atoms with E-state index in [1.807, 2.05) is 0 Å². The van der Waals surface area contributed by atoms with Crippen molar-refractivity contribution in [1.29, 1.82) is 0 Å². The number of halogens is 1. The van der Waals surface area contributed by atoms with Gasteiger partial charge in [0.05, 0.1) is 17.9 Å².